The Morgan fingerprint density at radius 1 is 1.77 bits per heavy atom. The van der Waals surface area contributed by atoms with Crippen molar-refractivity contribution in [2.45, 2.75) is 18.9 Å². The lowest BCUT2D eigenvalue weighted by Gasteiger charge is -2.29. The molecule has 2 aliphatic rings. The molecule has 2 unspecified atom stereocenters. The number of hydrogen-bond acceptors (Lipinski definition) is 3. The number of carbonyl (C=O) groups is 1. The van der Waals surface area contributed by atoms with E-state index < -0.39 is 5.54 Å². The van der Waals surface area contributed by atoms with Crippen molar-refractivity contribution in [1.29, 1.82) is 0 Å². The molecule has 2 atom stereocenters. The average Bonchev–Trinajstić information content (AvgIpc) is 2.61. The quantitative estimate of drug-likeness (QED) is 0.594. The Morgan fingerprint density at radius 2 is 2.54 bits per heavy atom. The Hall–Kier alpha value is -1.10. The Labute approximate surface area is 76.3 Å². The Morgan fingerprint density at radius 3 is 3.00 bits per heavy atom. The van der Waals surface area contributed by atoms with Crippen LogP contribution in [0.3, 0.4) is 0 Å². The van der Waals surface area contributed by atoms with Gasteiger partial charge in [0, 0.05) is 12.5 Å². The predicted molar refractivity (Wildman–Crippen MR) is 47.5 cm³/mol. The number of ether oxygens (including phenoxy) is 1. The van der Waals surface area contributed by atoms with Crippen molar-refractivity contribution in [1.82, 2.24) is 5.32 Å². The molecule has 0 aliphatic carbocycles. The van der Waals surface area contributed by atoms with Crippen molar-refractivity contribution in [2.75, 3.05) is 13.2 Å². The molecule has 13 heavy (non-hydrogen) atoms. The van der Waals surface area contributed by atoms with Gasteiger partial charge in [0.2, 0.25) is 0 Å². The van der Waals surface area contributed by atoms with E-state index in [9.17, 15) is 4.79 Å². The van der Waals surface area contributed by atoms with Gasteiger partial charge in [-0.3, -0.25) is 0 Å². The summed E-state index contributed by atoms with van der Waals surface area (Å²) in [5, 5.41) is 2.77. The first-order chi connectivity index (χ1) is 6.13. The molecule has 5 heteroatoms. The van der Waals surface area contributed by atoms with E-state index in [1.54, 1.807) is 0 Å². The first-order valence-corrected chi connectivity index (χ1v) is 4.37. The summed E-state index contributed by atoms with van der Waals surface area (Å²) in [5.74, 6) is 0.635. The third-order valence-corrected chi connectivity index (χ3v) is 2.87. The molecule has 0 aromatic rings. The molecule has 3 N–H and O–H groups in total. The molecule has 72 valence electrons. The van der Waals surface area contributed by atoms with Gasteiger partial charge < -0.3 is 15.8 Å². The zero-order chi connectivity index (χ0) is 9.47. The Bertz CT molecular complexity index is 271. The third-order valence-electron chi connectivity index (χ3n) is 2.87. The predicted octanol–water partition coefficient (Wildman–Crippen LogP) is -0.138. The van der Waals surface area contributed by atoms with E-state index in [1.807, 2.05) is 6.92 Å². The van der Waals surface area contributed by atoms with Gasteiger partial charge in [0.1, 0.15) is 11.4 Å². The number of carbonyl (C=O) groups excluding carboxylic acids is 1. The molecule has 1 saturated heterocycles. The maximum absolute atomic E-state index is 11.0. The van der Waals surface area contributed by atoms with Gasteiger partial charge in [0.15, 0.2) is 0 Å². The number of rotatable bonds is 1. The minimum Gasteiger partial charge on any atom is -0.385 e. The fourth-order valence-electron chi connectivity index (χ4n) is 1.84. The third kappa shape index (κ3) is 1.19. The van der Waals surface area contributed by atoms with Crippen LogP contribution in [0.4, 0.5) is 4.79 Å². The van der Waals surface area contributed by atoms with Crippen molar-refractivity contribution in [2.24, 2.45) is 16.6 Å². The monoisotopic (exact) mass is 183 g/mol. The molecule has 0 saturated carbocycles. The van der Waals surface area contributed by atoms with Gasteiger partial charge in [-0.1, -0.05) is 0 Å². The van der Waals surface area contributed by atoms with E-state index in [0.29, 0.717) is 12.4 Å². The van der Waals surface area contributed by atoms with Crippen LogP contribution in [0.15, 0.2) is 4.99 Å². The van der Waals surface area contributed by atoms with Crippen LogP contribution in [0.5, 0.6) is 0 Å². The number of hydrogen-bond donors (Lipinski definition) is 2. The molecule has 2 rings (SSSR count). The van der Waals surface area contributed by atoms with Crippen LogP contribution in [0.2, 0.25) is 0 Å². The zero-order valence-corrected chi connectivity index (χ0v) is 7.54. The van der Waals surface area contributed by atoms with Crippen LogP contribution in [0.1, 0.15) is 13.3 Å². The molecule has 1 fully saturated rings. The fourth-order valence-corrected chi connectivity index (χ4v) is 1.84. The molecule has 2 aliphatic heterocycles. The summed E-state index contributed by atoms with van der Waals surface area (Å²) in [5.41, 5.74) is 5.20. The van der Waals surface area contributed by atoms with Crippen LogP contribution in [0.25, 0.3) is 0 Å². The zero-order valence-electron chi connectivity index (χ0n) is 7.54. The molecule has 0 aromatic heterocycles. The topological polar surface area (TPSA) is 76.7 Å². The SMILES string of the molecule is CC1(C2CCOC2)NC(=O)N=C1N. The van der Waals surface area contributed by atoms with Crippen LogP contribution in [-0.2, 0) is 4.74 Å². The van der Waals surface area contributed by atoms with Crippen LogP contribution < -0.4 is 11.1 Å². The molecule has 5 nitrogen and oxygen atoms in total. The standard InChI is InChI=1S/C8H13N3O2/c1-8(5-2-3-13-4-5)6(9)10-7(12)11-8/h5H,2-4H2,1H3,(H3,9,10,11,12). The van der Waals surface area contributed by atoms with Gasteiger partial charge in [0.05, 0.1) is 6.61 Å². The van der Waals surface area contributed by atoms with E-state index in [1.165, 1.54) is 0 Å². The molecular weight excluding hydrogens is 170 g/mol. The number of nitrogens with zero attached hydrogens (tertiary/aromatic N) is 1. The van der Waals surface area contributed by atoms with Crippen molar-refractivity contribution in [3.63, 3.8) is 0 Å². The second kappa shape index (κ2) is 2.70. The summed E-state index contributed by atoms with van der Waals surface area (Å²) in [6.07, 6.45) is 0.924. The Kier molecular flexibility index (Phi) is 1.76. The van der Waals surface area contributed by atoms with Crippen molar-refractivity contribution in [3.8, 4) is 0 Å². The van der Waals surface area contributed by atoms with E-state index in [2.05, 4.69) is 10.3 Å². The highest BCUT2D eigenvalue weighted by atomic mass is 16.5. The minimum atomic E-state index is -0.492. The molecule has 0 spiro atoms. The first-order valence-electron chi connectivity index (χ1n) is 4.37. The number of aliphatic imine (C=N–C) groups is 1. The van der Waals surface area contributed by atoms with Gasteiger partial charge in [-0.05, 0) is 13.3 Å². The molecule has 0 bridgehead atoms. The van der Waals surface area contributed by atoms with E-state index in [-0.39, 0.29) is 11.9 Å². The second-order valence-corrected chi connectivity index (χ2v) is 3.69. The summed E-state index contributed by atoms with van der Waals surface area (Å²) < 4.78 is 5.26. The van der Waals surface area contributed by atoms with Gasteiger partial charge in [-0.25, -0.2) is 4.79 Å². The fraction of sp³-hybridized carbons (Fsp3) is 0.750. The summed E-state index contributed by atoms with van der Waals surface area (Å²) in [6.45, 7) is 3.28. The number of nitrogens with two attached hydrogens (primary N) is 1. The highest BCUT2D eigenvalue weighted by Gasteiger charge is 2.44. The maximum Gasteiger partial charge on any atom is 0.343 e. The van der Waals surface area contributed by atoms with E-state index >= 15 is 0 Å². The molecule has 0 aromatic carbocycles. The lowest BCUT2D eigenvalue weighted by Crippen LogP contribution is -2.54. The lowest BCUT2D eigenvalue weighted by atomic mass is 9.84. The normalized spacial score (nSPS) is 39.0. The van der Waals surface area contributed by atoms with E-state index in [0.717, 1.165) is 13.0 Å². The molecule has 2 heterocycles. The summed E-state index contributed by atoms with van der Waals surface area (Å²) in [6, 6.07) is -0.341. The largest absolute Gasteiger partial charge is 0.385 e. The van der Waals surface area contributed by atoms with Crippen molar-refractivity contribution >= 4 is 11.9 Å². The number of amidine groups is 1. The first kappa shape index (κ1) is 8.50. The smallest absolute Gasteiger partial charge is 0.343 e. The highest BCUT2D eigenvalue weighted by Crippen LogP contribution is 2.28. The average molecular weight is 183 g/mol. The Balaban J connectivity index is 2.20. The second-order valence-electron chi connectivity index (χ2n) is 3.69. The van der Waals surface area contributed by atoms with Gasteiger partial charge >= 0.3 is 6.03 Å². The van der Waals surface area contributed by atoms with Crippen LogP contribution in [-0.4, -0.2) is 30.6 Å². The van der Waals surface area contributed by atoms with Crippen molar-refractivity contribution < 1.29 is 9.53 Å². The molecule has 2 amide bonds. The number of nitrogens with one attached hydrogen (secondary N) is 1. The number of amides is 2. The summed E-state index contributed by atoms with van der Waals surface area (Å²) in [7, 11) is 0. The van der Waals surface area contributed by atoms with Gasteiger partial charge in [-0.2, -0.15) is 4.99 Å². The lowest BCUT2D eigenvalue weighted by molar-refractivity contribution is 0.172. The molecular formula is C8H13N3O2. The summed E-state index contributed by atoms with van der Waals surface area (Å²) >= 11 is 0. The van der Waals surface area contributed by atoms with Crippen molar-refractivity contribution in [3.05, 3.63) is 0 Å². The van der Waals surface area contributed by atoms with Gasteiger partial charge in [0.25, 0.3) is 0 Å². The summed E-state index contributed by atoms with van der Waals surface area (Å²) in [4.78, 5) is 14.7. The van der Waals surface area contributed by atoms with Crippen LogP contribution >= 0.6 is 0 Å². The number of urea groups is 1. The molecule has 0 radical (unpaired) electrons. The van der Waals surface area contributed by atoms with E-state index in [4.69, 9.17) is 10.5 Å². The van der Waals surface area contributed by atoms with Crippen LogP contribution in [0, 0.1) is 5.92 Å². The maximum atomic E-state index is 11.0. The van der Waals surface area contributed by atoms with Gasteiger partial charge in [-0.15, -0.1) is 0 Å². The minimum absolute atomic E-state index is 0.252. The highest BCUT2D eigenvalue weighted by molar-refractivity contribution is 6.05.